The Balaban J connectivity index is 1.67. The molecule has 8 atom stereocenters. The van der Waals surface area contributed by atoms with Crippen LogP contribution in [0.4, 0.5) is 0 Å². The minimum atomic E-state index is -0.972. The third-order valence-electron chi connectivity index (χ3n) is 6.82. The number of ketones is 1. The fourth-order valence-corrected chi connectivity index (χ4v) is 5.77. The van der Waals surface area contributed by atoms with E-state index in [-0.39, 0.29) is 11.7 Å². The third-order valence-corrected chi connectivity index (χ3v) is 6.82. The Morgan fingerprint density at radius 1 is 1.26 bits per heavy atom. The first-order valence-corrected chi connectivity index (χ1v) is 9.26. The van der Waals surface area contributed by atoms with E-state index in [1.54, 1.807) is 23.3 Å². The van der Waals surface area contributed by atoms with Gasteiger partial charge < -0.3 is 18.8 Å². The summed E-state index contributed by atoms with van der Waals surface area (Å²) in [5.41, 5.74) is -0.972. The van der Waals surface area contributed by atoms with Gasteiger partial charge in [0, 0.05) is 11.8 Å². The van der Waals surface area contributed by atoms with Crippen molar-refractivity contribution in [2.45, 2.75) is 37.6 Å². The van der Waals surface area contributed by atoms with E-state index >= 15 is 0 Å². The summed E-state index contributed by atoms with van der Waals surface area (Å²) in [6, 6.07) is 2.56. The molecule has 5 rings (SSSR count). The van der Waals surface area contributed by atoms with Crippen molar-refractivity contribution in [1.29, 1.82) is 0 Å². The molecule has 0 N–H and O–H groups in total. The number of furan rings is 1. The van der Waals surface area contributed by atoms with Crippen LogP contribution >= 0.6 is 0 Å². The molecule has 0 aromatic carbocycles. The molecule has 1 aromatic rings. The number of ether oxygens (including phenoxy) is 2. The van der Waals surface area contributed by atoms with Crippen molar-refractivity contribution in [2.24, 2.45) is 23.7 Å². The Bertz CT molecular complexity index is 860. The van der Waals surface area contributed by atoms with Gasteiger partial charge in [-0.25, -0.2) is 0 Å². The molecule has 3 fully saturated rings. The van der Waals surface area contributed by atoms with Gasteiger partial charge in [0.2, 0.25) is 5.91 Å². The molecule has 0 aliphatic carbocycles. The number of methoxy groups -OCH3 is 1. The van der Waals surface area contributed by atoms with Gasteiger partial charge in [-0.15, -0.1) is 0 Å². The summed E-state index contributed by atoms with van der Waals surface area (Å²) in [5, 5.41) is 0. The molecule has 5 heterocycles. The Labute approximate surface area is 156 Å². The van der Waals surface area contributed by atoms with E-state index < -0.39 is 53.4 Å². The molecule has 0 unspecified atom stereocenters. The second-order valence-electron chi connectivity index (χ2n) is 7.95. The number of Topliss-reactive ketones (excluding diaryl/α,β-unsaturated/α-hetero) is 1. The largest absolute Gasteiger partial charge is 0.469 e. The van der Waals surface area contributed by atoms with Crippen molar-refractivity contribution < 1.29 is 28.3 Å². The lowest BCUT2D eigenvalue weighted by Crippen LogP contribution is -2.58. The van der Waals surface area contributed by atoms with Crippen LogP contribution in [0.25, 0.3) is 0 Å². The number of esters is 1. The average Bonchev–Trinajstić information content (AvgIpc) is 3.42. The first kappa shape index (κ1) is 16.7. The van der Waals surface area contributed by atoms with Crippen molar-refractivity contribution >= 4 is 17.7 Å². The third kappa shape index (κ3) is 1.83. The molecule has 27 heavy (non-hydrogen) atoms. The number of carbonyl (C=O) groups is 3. The van der Waals surface area contributed by atoms with Crippen LogP contribution in [0.1, 0.15) is 25.6 Å². The minimum Gasteiger partial charge on any atom is -0.469 e. The Morgan fingerprint density at radius 2 is 2.04 bits per heavy atom. The predicted octanol–water partition coefficient (Wildman–Crippen LogP) is 1.50. The molecular weight excluding hydrogens is 350 g/mol. The molecule has 3 saturated heterocycles. The molecule has 0 radical (unpaired) electrons. The summed E-state index contributed by atoms with van der Waals surface area (Å²) in [4.78, 5) is 40.8. The van der Waals surface area contributed by atoms with Gasteiger partial charge in [0.1, 0.15) is 23.1 Å². The highest BCUT2D eigenvalue weighted by Gasteiger charge is 2.75. The van der Waals surface area contributed by atoms with Gasteiger partial charge in [-0.05, 0) is 12.1 Å². The molecule has 2 bridgehead atoms. The monoisotopic (exact) mass is 371 g/mol. The second-order valence-corrected chi connectivity index (χ2v) is 7.95. The number of hydrogen-bond acceptors (Lipinski definition) is 6. The lowest BCUT2D eigenvalue weighted by molar-refractivity contribution is -0.157. The first-order valence-electron chi connectivity index (χ1n) is 9.26. The molecule has 1 amide bonds. The average molecular weight is 371 g/mol. The fourth-order valence-electron chi connectivity index (χ4n) is 5.77. The lowest BCUT2D eigenvalue weighted by Gasteiger charge is -2.46. The Morgan fingerprint density at radius 3 is 2.70 bits per heavy atom. The number of nitrogens with zero attached hydrogens (tertiary/aromatic N) is 1. The maximum absolute atomic E-state index is 13.6. The van der Waals surface area contributed by atoms with E-state index in [2.05, 4.69) is 0 Å². The lowest BCUT2D eigenvalue weighted by atomic mass is 9.69. The van der Waals surface area contributed by atoms with E-state index in [9.17, 15) is 14.4 Å². The van der Waals surface area contributed by atoms with Crippen LogP contribution in [-0.2, 0) is 23.9 Å². The van der Waals surface area contributed by atoms with Crippen molar-refractivity contribution in [1.82, 2.24) is 4.90 Å². The summed E-state index contributed by atoms with van der Waals surface area (Å²) >= 11 is 0. The van der Waals surface area contributed by atoms with E-state index in [1.165, 1.54) is 7.11 Å². The SMILES string of the molecule is COC(=O)[C@H]1[C@H]2C=C[C@]3(O2)[C@H]1C(=O)N1[C@H](c2ccco2)[C@H](C)C(=O)[C@H](C)[C@@H]13. The van der Waals surface area contributed by atoms with Crippen molar-refractivity contribution in [3.05, 3.63) is 36.3 Å². The summed E-state index contributed by atoms with van der Waals surface area (Å²) < 4.78 is 16.8. The minimum absolute atomic E-state index is 0.0717. The van der Waals surface area contributed by atoms with Crippen LogP contribution in [0.3, 0.4) is 0 Å². The molecule has 4 aliphatic heterocycles. The summed E-state index contributed by atoms with van der Waals surface area (Å²) in [7, 11) is 1.32. The van der Waals surface area contributed by atoms with Crippen molar-refractivity contribution in [3.63, 3.8) is 0 Å². The molecule has 7 heteroatoms. The van der Waals surface area contributed by atoms with Gasteiger partial charge >= 0.3 is 5.97 Å². The molecular formula is C20H21NO6. The topological polar surface area (TPSA) is 86.1 Å². The van der Waals surface area contributed by atoms with Gasteiger partial charge in [0.15, 0.2) is 0 Å². The van der Waals surface area contributed by atoms with Crippen molar-refractivity contribution in [3.8, 4) is 0 Å². The highest BCUT2D eigenvalue weighted by atomic mass is 16.5. The second kappa shape index (κ2) is 5.32. The van der Waals surface area contributed by atoms with Gasteiger partial charge in [0.05, 0.1) is 37.5 Å². The number of fused-ring (bicyclic) bond motifs is 2. The number of carbonyl (C=O) groups excluding carboxylic acids is 3. The van der Waals surface area contributed by atoms with Gasteiger partial charge in [0.25, 0.3) is 0 Å². The van der Waals surface area contributed by atoms with E-state index in [1.807, 2.05) is 26.0 Å². The molecule has 1 aromatic heterocycles. The Hall–Kier alpha value is -2.41. The van der Waals surface area contributed by atoms with Crippen LogP contribution in [0.2, 0.25) is 0 Å². The summed E-state index contributed by atoms with van der Waals surface area (Å²) in [6.45, 7) is 3.67. The van der Waals surface area contributed by atoms with Crippen LogP contribution in [0.15, 0.2) is 35.0 Å². The maximum Gasteiger partial charge on any atom is 0.312 e. The number of amides is 1. The zero-order chi connectivity index (χ0) is 19.1. The normalized spacial score (nSPS) is 44.6. The predicted molar refractivity (Wildman–Crippen MR) is 91.2 cm³/mol. The quantitative estimate of drug-likeness (QED) is 0.578. The van der Waals surface area contributed by atoms with Crippen LogP contribution in [-0.4, -0.2) is 47.4 Å². The van der Waals surface area contributed by atoms with Crippen LogP contribution < -0.4 is 0 Å². The van der Waals surface area contributed by atoms with Crippen LogP contribution in [0, 0.1) is 23.7 Å². The van der Waals surface area contributed by atoms with Gasteiger partial charge in [-0.1, -0.05) is 26.0 Å². The highest BCUT2D eigenvalue weighted by molar-refractivity contribution is 5.96. The Kier molecular flexibility index (Phi) is 3.30. The number of hydrogen-bond donors (Lipinski definition) is 0. The fraction of sp³-hybridized carbons (Fsp3) is 0.550. The molecule has 7 nitrogen and oxygen atoms in total. The van der Waals surface area contributed by atoms with E-state index in [0.29, 0.717) is 5.76 Å². The van der Waals surface area contributed by atoms with Crippen LogP contribution in [0.5, 0.6) is 0 Å². The van der Waals surface area contributed by atoms with Crippen molar-refractivity contribution in [2.75, 3.05) is 7.11 Å². The van der Waals surface area contributed by atoms with E-state index in [4.69, 9.17) is 13.9 Å². The zero-order valence-electron chi connectivity index (χ0n) is 15.3. The maximum atomic E-state index is 13.6. The van der Waals surface area contributed by atoms with E-state index in [0.717, 1.165) is 0 Å². The number of rotatable bonds is 2. The van der Waals surface area contributed by atoms with Gasteiger partial charge in [-0.3, -0.25) is 14.4 Å². The number of piperidine rings is 1. The summed E-state index contributed by atoms with van der Waals surface area (Å²) in [5.74, 6) is -2.15. The first-order chi connectivity index (χ1) is 12.9. The molecule has 4 aliphatic rings. The molecule has 142 valence electrons. The standard InChI is InChI=1S/C20H21NO6/c1-9-15(12-5-4-8-26-12)21-17(10(2)16(9)22)20-7-6-11(27-20)13(19(24)25-3)14(20)18(21)23/h4-11,13-15,17H,1-3H3/t9-,10-,11+,13-,14+,15-,17+,20-/m0/s1. The summed E-state index contributed by atoms with van der Waals surface area (Å²) in [6.07, 6.45) is 4.76. The zero-order valence-corrected chi connectivity index (χ0v) is 15.3. The smallest absolute Gasteiger partial charge is 0.312 e. The molecule has 0 saturated carbocycles. The highest BCUT2D eigenvalue weighted by Crippen LogP contribution is 2.60. The van der Waals surface area contributed by atoms with Gasteiger partial charge in [-0.2, -0.15) is 0 Å². The molecule has 1 spiro atoms.